The molecule has 0 radical (unpaired) electrons. The van der Waals surface area contributed by atoms with Gasteiger partial charge < -0.3 is 0 Å². The van der Waals surface area contributed by atoms with E-state index >= 15 is 0 Å². The van der Waals surface area contributed by atoms with Crippen molar-refractivity contribution >= 4 is 5.78 Å². The highest BCUT2D eigenvalue weighted by atomic mass is 16.1. The first-order valence-electron chi connectivity index (χ1n) is 4.16. The first-order chi connectivity index (χ1) is 5.70. The summed E-state index contributed by atoms with van der Waals surface area (Å²) in [5.74, 6) is 0.124. The fourth-order valence-electron chi connectivity index (χ4n) is 0.855. The second-order valence-corrected chi connectivity index (χ2v) is 2.74. The number of ketones is 1. The predicted octanol–water partition coefficient (Wildman–Crippen LogP) is 3.04. The number of unbranched alkanes of at least 4 members (excludes halogenated alkanes) is 1. The van der Waals surface area contributed by atoms with E-state index in [1.165, 1.54) is 6.08 Å². The molecular formula is C11H16O. The molecule has 0 aromatic heterocycles. The minimum absolute atomic E-state index is 0.124. The number of carbonyl (C=O) groups excluding carboxylic acids is 1. The summed E-state index contributed by atoms with van der Waals surface area (Å²) in [4.78, 5) is 10.8. The highest BCUT2D eigenvalue weighted by molar-refractivity contribution is 5.88. The average molecular weight is 164 g/mol. The Hall–Kier alpha value is -1.11. The number of hydrogen-bond acceptors (Lipinski definition) is 1. The Labute approximate surface area is 74.5 Å². The number of hydrogen-bond donors (Lipinski definition) is 0. The van der Waals surface area contributed by atoms with Gasteiger partial charge in [-0.15, -0.1) is 0 Å². The molecule has 0 aromatic carbocycles. The van der Waals surface area contributed by atoms with Crippen LogP contribution in [-0.2, 0) is 4.79 Å². The van der Waals surface area contributed by atoms with Gasteiger partial charge in [0.25, 0.3) is 0 Å². The zero-order valence-corrected chi connectivity index (χ0v) is 7.51. The van der Waals surface area contributed by atoms with Crippen molar-refractivity contribution in [2.45, 2.75) is 25.7 Å². The van der Waals surface area contributed by atoms with Gasteiger partial charge in [-0.25, -0.2) is 0 Å². The van der Waals surface area contributed by atoms with Crippen LogP contribution in [0.5, 0.6) is 0 Å². The van der Waals surface area contributed by atoms with Crippen LogP contribution in [0.25, 0.3) is 0 Å². The molecular weight excluding hydrogens is 148 g/mol. The predicted molar refractivity (Wildman–Crippen MR) is 53.0 cm³/mol. The van der Waals surface area contributed by atoms with E-state index in [9.17, 15) is 4.79 Å². The van der Waals surface area contributed by atoms with Crippen molar-refractivity contribution in [3.63, 3.8) is 0 Å². The molecule has 66 valence electrons. The van der Waals surface area contributed by atoms with Crippen molar-refractivity contribution in [1.82, 2.24) is 0 Å². The maximum atomic E-state index is 10.8. The lowest BCUT2D eigenvalue weighted by molar-refractivity contribution is -0.114. The Kier molecular flexibility index (Phi) is 5.98. The molecule has 1 heteroatoms. The first-order valence-corrected chi connectivity index (χ1v) is 4.16. The average Bonchev–Trinajstić information content (AvgIpc) is 2.11. The highest BCUT2D eigenvalue weighted by Crippen LogP contribution is 2.07. The second-order valence-electron chi connectivity index (χ2n) is 2.74. The molecule has 1 nitrogen and oxygen atoms in total. The maximum absolute atomic E-state index is 10.8. The number of carbonyl (C=O) groups is 1. The van der Waals surface area contributed by atoms with Crippen molar-refractivity contribution in [3.8, 4) is 0 Å². The molecule has 0 saturated heterocycles. The third-order valence-corrected chi connectivity index (χ3v) is 1.69. The summed E-state index contributed by atoms with van der Waals surface area (Å²) in [6.07, 6.45) is 6.60. The van der Waals surface area contributed by atoms with Gasteiger partial charge in [0.05, 0.1) is 0 Å². The van der Waals surface area contributed by atoms with Gasteiger partial charge in [-0.2, -0.15) is 0 Å². The topological polar surface area (TPSA) is 17.1 Å². The molecule has 0 bridgehead atoms. The molecule has 0 fully saturated rings. The van der Waals surface area contributed by atoms with E-state index in [1.807, 2.05) is 0 Å². The molecule has 0 saturated carbocycles. The normalized spacial score (nSPS) is 9.00. The summed E-state index contributed by atoms with van der Waals surface area (Å²) in [6.45, 7) is 10.8. The summed E-state index contributed by atoms with van der Waals surface area (Å²) in [5, 5.41) is 0. The van der Waals surface area contributed by atoms with Crippen molar-refractivity contribution in [2.24, 2.45) is 0 Å². The van der Waals surface area contributed by atoms with Gasteiger partial charge in [0.1, 0.15) is 0 Å². The van der Waals surface area contributed by atoms with Crippen LogP contribution in [0, 0.1) is 0 Å². The largest absolute Gasteiger partial charge is 0.295 e. The number of allylic oxidation sites excluding steroid dienone is 3. The molecule has 0 aliphatic carbocycles. The Balaban J connectivity index is 3.32. The van der Waals surface area contributed by atoms with Crippen LogP contribution in [0.3, 0.4) is 0 Å². The van der Waals surface area contributed by atoms with Crippen LogP contribution in [0.2, 0.25) is 0 Å². The Morgan fingerprint density at radius 3 is 2.17 bits per heavy atom. The van der Waals surface area contributed by atoms with Crippen LogP contribution in [0.15, 0.2) is 37.5 Å². The molecule has 0 atom stereocenters. The smallest absolute Gasteiger partial charge is 0.155 e. The molecule has 0 aromatic rings. The maximum Gasteiger partial charge on any atom is 0.155 e. The Morgan fingerprint density at radius 1 is 1.08 bits per heavy atom. The monoisotopic (exact) mass is 164 g/mol. The van der Waals surface area contributed by atoms with E-state index in [4.69, 9.17) is 0 Å². The molecule has 0 aliphatic rings. The zero-order chi connectivity index (χ0) is 9.40. The SMILES string of the molecule is C=CC(=C)CCCCC(=O)C=C. The summed E-state index contributed by atoms with van der Waals surface area (Å²) >= 11 is 0. The standard InChI is InChI=1S/C11H16O/c1-4-10(3)8-6-7-9-11(12)5-2/h4-5H,1-3,6-9H2. The van der Waals surface area contributed by atoms with Gasteiger partial charge >= 0.3 is 0 Å². The lowest BCUT2D eigenvalue weighted by Crippen LogP contribution is -1.91. The van der Waals surface area contributed by atoms with Crippen LogP contribution < -0.4 is 0 Å². The van der Waals surface area contributed by atoms with Gasteiger partial charge in [0.15, 0.2) is 5.78 Å². The van der Waals surface area contributed by atoms with Crippen molar-refractivity contribution in [2.75, 3.05) is 0 Å². The van der Waals surface area contributed by atoms with Gasteiger partial charge in [-0.3, -0.25) is 4.79 Å². The Bertz CT molecular complexity index is 167. The van der Waals surface area contributed by atoms with E-state index in [2.05, 4.69) is 19.7 Å². The summed E-state index contributed by atoms with van der Waals surface area (Å²) in [5.41, 5.74) is 1.04. The molecule has 0 unspecified atom stereocenters. The minimum Gasteiger partial charge on any atom is -0.295 e. The van der Waals surface area contributed by atoms with Crippen molar-refractivity contribution in [3.05, 3.63) is 37.5 Å². The highest BCUT2D eigenvalue weighted by Gasteiger charge is 1.95. The minimum atomic E-state index is 0.124. The van der Waals surface area contributed by atoms with E-state index in [0.29, 0.717) is 6.42 Å². The van der Waals surface area contributed by atoms with E-state index in [1.54, 1.807) is 6.08 Å². The lowest BCUT2D eigenvalue weighted by Gasteiger charge is -1.98. The third-order valence-electron chi connectivity index (χ3n) is 1.69. The van der Waals surface area contributed by atoms with E-state index in [-0.39, 0.29) is 5.78 Å². The summed E-state index contributed by atoms with van der Waals surface area (Å²) in [7, 11) is 0. The molecule has 0 N–H and O–H groups in total. The zero-order valence-electron chi connectivity index (χ0n) is 7.51. The molecule has 0 spiro atoms. The Morgan fingerprint density at radius 2 is 1.67 bits per heavy atom. The number of rotatable bonds is 7. The van der Waals surface area contributed by atoms with E-state index in [0.717, 1.165) is 24.8 Å². The molecule has 0 heterocycles. The van der Waals surface area contributed by atoms with E-state index < -0.39 is 0 Å². The van der Waals surface area contributed by atoms with Gasteiger partial charge in [0, 0.05) is 6.42 Å². The van der Waals surface area contributed by atoms with Gasteiger partial charge in [0.2, 0.25) is 0 Å². The van der Waals surface area contributed by atoms with Crippen LogP contribution in [0.4, 0.5) is 0 Å². The fourth-order valence-corrected chi connectivity index (χ4v) is 0.855. The molecule has 12 heavy (non-hydrogen) atoms. The second kappa shape index (κ2) is 6.59. The van der Waals surface area contributed by atoms with Crippen LogP contribution in [-0.4, -0.2) is 5.78 Å². The van der Waals surface area contributed by atoms with Crippen LogP contribution >= 0.6 is 0 Å². The van der Waals surface area contributed by atoms with Crippen molar-refractivity contribution in [1.29, 1.82) is 0 Å². The first kappa shape index (κ1) is 10.9. The van der Waals surface area contributed by atoms with Gasteiger partial charge in [-0.05, 0) is 25.3 Å². The summed E-state index contributed by atoms with van der Waals surface area (Å²) in [6, 6.07) is 0. The van der Waals surface area contributed by atoms with Crippen LogP contribution in [0.1, 0.15) is 25.7 Å². The quantitative estimate of drug-likeness (QED) is 0.321. The summed E-state index contributed by atoms with van der Waals surface area (Å²) < 4.78 is 0. The lowest BCUT2D eigenvalue weighted by atomic mass is 10.1. The third kappa shape index (κ3) is 5.66. The molecule has 0 amide bonds. The molecule has 0 rings (SSSR count). The van der Waals surface area contributed by atoms with Gasteiger partial charge in [-0.1, -0.05) is 31.4 Å². The molecule has 0 aliphatic heterocycles. The van der Waals surface area contributed by atoms with Crippen molar-refractivity contribution < 1.29 is 4.79 Å². The fraction of sp³-hybridized carbons (Fsp3) is 0.364.